The van der Waals surface area contributed by atoms with Gasteiger partial charge in [-0.15, -0.1) is 17.5 Å². The van der Waals surface area contributed by atoms with Crippen LogP contribution in [-0.2, 0) is 20.1 Å². The van der Waals surface area contributed by atoms with E-state index in [0.29, 0.717) is 59.0 Å². The smallest absolute Gasteiger partial charge is 0.0626 e. The van der Waals surface area contributed by atoms with Gasteiger partial charge in [-0.2, -0.15) is 0 Å². The van der Waals surface area contributed by atoms with Crippen molar-refractivity contribution in [3.63, 3.8) is 0 Å². The normalized spacial score (nSPS) is 26.1. The minimum absolute atomic E-state index is 0. The molecule has 5 heteroatoms. The summed E-state index contributed by atoms with van der Waals surface area (Å²) in [6, 6.07) is 16.7. The summed E-state index contributed by atoms with van der Waals surface area (Å²) >= 11 is 0. The molecule has 3 aromatic rings. The average Bonchev–Trinajstić information content (AvgIpc) is 3.36. The van der Waals surface area contributed by atoms with E-state index in [9.17, 15) is 10.2 Å². The largest absolute Gasteiger partial charge is 0.518 e. The van der Waals surface area contributed by atoms with Crippen molar-refractivity contribution in [1.29, 1.82) is 0 Å². The first-order valence-electron chi connectivity index (χ1n) is 16.2. The predicted octanol–water partition coefficient (Wildman–Crippen LogP) is 8.91. The fourth-order valence-electron chi connectivity index (χ4n) is 8.90. The first kappa shape index (κ1) is 35.0. The molecule has 0 amide bonds. The molecular weight excluding hydrogens is 699 g/mol. The monoisotopic (exact) mass is 753 g/mol. The predicted molar refractivity (Wildman–Crippen MR) is 169 cm³/mol. The van der Waals surface area contributed by atoms with Crippen LogP contribution in [0.5, 0.6) is 0 Å². The van der Waals surface area contributed by atoms with Crippen LogP contribution in [-0.4, -0.2) is 27.4 Å². The Kier molecular flexibility index (Phi) is 12.9. The van der Waals surface area contributed by atoms with E-state index in [1.54, 1.807) is 6.20 Å². The standard InChI is InChI=1S/C24H46O2.C13H8NO.Ir/c1-13(2)20(14(3)4)18-11-9-17-10-12-19(21(15(5)6)16(7)8)24(26)22(17)23(18)25;1-2-7-12-10(5-1)9-13(15-12)11-6-3-4-8-14-11;/h13-26H,9-12H2,1-8H3;1-8H;/q;-1;/t17?,18-,19+,22?,23?,24?;;. The maximum Gasteiger partial charge on any atom is 0.0626 e. The van der Waals surface area contributed by atoms with Crippen LogP contribution in [0.2, 0.25) is 0 Å². The van der Waals surface area contributed by atoms with Gasteiger partial charge in [0, 0.05) is 43.5 Å². The summed E-state index contributed by atoms with van der Waals surface area (Å²) in [5.74, 6) is 5.43. The van der Waals surface area contributed by atoms with Crippen molar-refractivity contribution in [3.05, 3.63) is 54.7 Å². The number of aliphatic hydroxyl groups excluding tert-OH is 2. The number of aliphatic hydroxyl groups is 2. The Bertz CT molecular complexity index is 1120. The van der Waals surface area contributed by atoms with Gasteiger partial charge in [-0.3, -0.25) is 0 Å². The number of pyridine rings is 1. The van der Waals surface area contributed by atoms with Gasteiger partial charge < -0.3 is 19.6 Å². The SMILES string of the molecule is CC(C)C(C(C)C)[C@@H]1CCC2CC[C@H](C(C(C)C)C(C)C)C(O)C2C1O.[Ir].[c-]1c(-c2ccccn2)oc2ccccc12. The van der Waals surface area contributed by atoms with Crippen LogP contribution < -0.4 is 0 Å². The topological polar surface area (TPSA) is 66.5 Å². The summed E-state index contributed by atoms with van der Waals surface area (Å²) in [6.45, 7) is 18.4. The Morgan fingerprint density at radius 2 is 1.21 bits per heavy atom. The van der Waals surface area contributed by atoms with E-state index in [1.165, 1.54) is 12.8 Å². The van der Waals surface area contributed by atoms with Crippen molar-refractivity contribution in [3.8, 4) is 11.5 Å². The first-order valence-corrected chi connectivity index (χ1v) is 16.2. The molecule has 0 spiro atoms. The van der Waals surface area contributed by atoms with Gasteiger partial charge in [0.15, 0.2) is 0 Å². The van der Waals surface area contributed by atoms with Crippen LogP contribution in [0.4, 0.5) is 0 Å². The van der Waals surface area contributed by atoms with Gasteiger partial charge in [-0.05, 0) is 85.0 Å². The zero-order valence-corrected chi connectivity index (χ0v) is 29.4. The Hall–Kier alpha value is -1.52. The molecule has 1 aromatic carbocycles. The number of hydrogen-bond acceptors (Lipinski definition) is 4. The van der Waals surface area contributed by atoms with Crippen molar-refractivity contribution in [2.24, 2.45) is 59.2 Å². The molecule has 4 unspecified atom stereocenters. The number of fused-ring (bicyclic) bond motifs is 2. The molecule has 0 bridgehead atoms. The van der Waals surface area contributed by atoms with Crippen LogP contribution >= 0.6 is 0 Å². The number of benzene rings is 1. The summed E-state index contributed by atoms with van der Waals surface area (Å²) in [4.78, 5) is 4.22. The molecule has 2 fully saturated rings. The molecule has 2 heterocycles. The van der Waals surface area contributed by atoms with Crippen molar-refractivity contribution in [2.45, 2.75) is 93.3 Å². The Morgan fingerprint density at radius 3 is 1.67 bits per heavy atom. The minimum atomic E-state index is -0.332. The quantitative estimate of drug-likeness (QED) is 0.237. The summed E-state index contributed by atoms with van der Waals surface area (Å²) in [5, 5.41) is 23.8. The van der Waals surface area contributed by atoms with Crippen molar-refractivity contribution < 1.29 is 34.7 Å². The minimum Gasteiger partial charge on any atom is -0.518 e. The molecule has 4 nitrogen and oxygen atoms in total. The fraction of sp³-hybridized carbons (Fsp3) is 0.649. The summed E-state index contributed by atoms with van der Waals surface area (Å²) in [5.41, 5.74) is 1.66. The molecule has 0 saturated heterocycles. The molecule has 2 aliphatic carbocycles. The molecular formula is C37H54IrNO3-. The molecule has 2 saturated carbocycles. The molecule has 6 atom stereocenters. The second kappa shape index (κ2) is 15.5. The number of rotatable bonds is 7. The summed E-state index contributed by atoms with van der Waals surface area (Å²) in [7, 11) is 0. The van der Waals surface area contributed by atoms with Crippen LogP contribution in [0, 0.1) is 65.2 Å². The molecule has 2 N–H and O–H groups in total. The van der Waals surface area contributed by atoms with Gasteiger partial charge >= 0.3 is 0 Å². The molecule has 42 heavy (non-hydrogen) atoms. The molecule has 0 aliphatic heterocycles. The number of nitrogens with zero attached hydrogens (tertiary/aromatic N) is 1. The van der Waals surface area contributed by atoms with Crippen molar-refractivity contribution in [1.82, 2.24) is 4.98 Å². The van der Waals surface area contributed by atoms with E-state index < -0.39 is 0 Å². The first-order chi connectivity index (χ1) is 19.5. The van der Waals surface area contributed by atoms with Gasteiger partial charge in [0.05, 0.1) is 18.0 Å². The molecule has 5 rings (SSSR count). The Morgan fingerprint density at radius 1 is 0.714 bits per heavy atom. The number of para-hydroxylation sites is 1. The number of furan rings is 1. The van der Waals surface area contributed by atoms with E-state index in [1.807, 2.05) is 42.5 Å². The second-order valence-corrected chi connectivity index (χ2v) is 14.2. The third-order valence-electron chi connectivity index (χ3n) is 10.3. The van der Waals surface area contributed by atoms with Gasteiger partial charge in [-0.1, -0.05) is 85.7 Å². The van der Waals surface area contributed by atoms with Crippen LogP contribution in [0.1, 0.15) is 81.1 Å². The van der Waals surface area contributed by atoms with Crippen LogP contribution in [0.25, 0.3) is 22.4 Å². The number of aromatic nitrogens is 1. The third-order valence-corrected chi connectivity index (χ3v) is 10.3. The zero-order chi connectivity index (χ0) is 29.8. The molecule has 2 aliphatic rings. The maximum atomic E-state index is 11.4. The van der Waals surface area contributed by atoms with Gasteiger partial charge in [0.25, 0.3) is 0 Å². The second-order valence-electron chi connectivity index (χ2n) is 14.2. The Labute approximate surface area is 268 Å². The Balaban J connectivity index is 0.000000255. The van der Waals surface area contributed by atoms with E-state index in [-0.39, 0.29) is 38.2 Å². The van der Waals surface area contributed by atoms with Crippen molar-refractivity contribution >= 4 is 11.0 Å². The maximum absolute atomic E-state index is 11.4. The van der Waals surface area contributed by atoms with E-state index in [0.717, 1.165) is 29.5 Å². The van der Waals surface area contributed by atoms with Crippen LogP contribution in [0.3, 0.4) is 0 Å². The van der Waals surface area contributed by atoms with Crippen molar-refractivity contribution in [2.75, 3.05) is 0 Å². The van der Waals surface area contributed by atoms with E-state index in [4.69, 9.17) is 4.42 Å². The molecule has 235 valence electrons. The summed E-state index contributed by atoms with van der Waals surface area (Å²) in [6.07, 6.45) is 5.75. The molecule has 1 radical (unpaired) electrons. The van der Waals surface area contributed by atoms with Crippen LogP contribution in [0.15, 0.2) is 53.1 Å². The summed E-state index contributed by atoms with van der Waals surface area (Å²) < 4.78 is 5.64. The van der Waals surface area contributed by atoms with Gasteiger partial charge in [0.2, 0.25) is 0 Å². The zero-order valence-electron chi connectivity index (χ0n) is 27.0. The fourth-order valence-corrected chi connectivity index (χ4v) is 8.90. The molecule has 2 aromatic heterocycles. The van der Waals surface area contributed by atoms with E-state index in [2.05, 4.69) is 66.4 Å². The van der Waals surface area contributed by atoms with Gasteiger partial charge in [0.1, 0.15) is 0 Å². The average molecular weight is 753 g/mol. The van der Waals surface area contributed by atoms with Gasteiger partial charge in [-0.25, -0.2) is 0 Å². The van der Waals surface area contributed by atoms with E-state index >= 15 is 0 Å². The third kappa shape index (κ3) is 7.76. The number of hydrogen-bond donors (Lipinski definition) is 2.